The zero-order valence-electron chi connectivity index (χ0n) is 12.1. The first-order valence-corrected chi connectivity index (χ1v) is 7.56. The van der Waals surface area contributed by atoms with Crippen molar-refractivity contribution in [2.75, 3.05) is 11.7 Å². The molecule has 0 spiro atoms. The molecule has 4 rings (SSSR count). The number of para-hydroxylation sites is 1. The van der Waals surface area contributed by atoms with Gasteiger partial charge in [-0.2, -0.15) is 0 Å². The maximum absolute atomic E-state index is 13.0. The highest BCUT2D eigenvalue weighted by Gasteiger charge is 2.50. The molecule has 0 radical (unpaired) electrons. The maximum atomic E-state index is 13.0. The van der Waals surface area contributed by atoms with E-state index in [-0.39, 0.29) is 24.0 Å². The van der Waals surface area contributed by atoms with Crippen molar-refractivity contribution in [1.82, 2.24) is 0 Å². The standard InChI is InChI=1S/C18H17NO3/c20-17(13-7-3-1-4-8-13)16-15-11-12-21-18(15)22-19(16)14-9-5-2-6-10-14/h1-10,15-16,18H,11-12H2/t15-,16-,18+/m0/s1. The summed E-state index contributed by atoms with van der Waals surface area (Å²) in [6.45, 7) is 0.649. The van der Waals surface area contributed by atoms with Crippen molar-refractivity contribution >= 4 is 11.5 Å². The molecule has 4 nitrogen and oxygen atoms in total. The minimum Gasteiger partial charge on any atom is -0.350 e. The number of hydrogen-bond donors (Lipinski definition) is 0. The Morgan fingerprint density at radius 3 is 2.41 bits per heavy atom. The van der Waals surface area contributed by atoms with Gasteiger partial charge in [0.15, 0.2) is 12.1 Å². The van der Waals surface area contributed by atoms with E-state index in [0.717, 1.165) is 12.1 Å². The van der Waals surface area contributed by atoms with E-state index in [1.165, 1.54) is 0 Å². The van der Waals surface area contributed by atoms with Gasteiger partial charge in [-0.15, -0.1) is 0 Å². The quantitative estimate of drug-likeness (QED) is 0.816. The van der Waals surface area contributed by atoms with Crippen molar-refractivity contribution in [2.45, 2.75) is 18.8 Å². The zero-order chi connectivity index (χ0) is 14.9. The summed E-state index contributed by atoms with van der Waals surface area (Å²) in [5.74, 6) is 0.162. The van der Waals surface area contributed by atoms with Gasteiger partial charge in [0.1, 0.15) is 6.04 Å². The van der Waals surface area contributed by atoms with Crippen LogP contribution in [0.3, 0.4) is 0 Å². The van der Waals surface area contributed by atoms with Crippen LogP contribution in [0.15, 0.2) is 60.7 Å². The normalized spacial score (nSPS) is 26.9. The summed E-state index contributed by atoms with van der Waals surface area (Å²) in [5.41, 5.74) is 1.60. The van der Waals surface area contributed by atoms with E-state index in [2.05, 4.69) is 0 Å². The van der Waals surface area contributed by atoms with Crippen molar-refractivity contribution in [2.24, 2.45) is 5.92 Å². The van der Waals surface area contributed by atoms with E-state index in [1.807, 2.05) is 60.7 Å². The van der Waals surface area contributed by atoms with E-state index in [9.17, 15) is 4.79 Å². The molecular weight excluding hydrogens is 278 g/mol. The Hall–Kier alpha value is -2.17. The van der Waals surface area contributed by atoms with E-state index >= 15 is 0 Å². The molecule has 2 aromatic carbocycles. The third kappa shape index (κ3) is 2.21. The Kier molecular flexibility index (Phi) is 3.41. The van der Waals surface area contributed by atoms with Gasteiger partial charge in [-0.05, 0) is 18.6 Å². The predicted octanol–water partition coefficient (Wildman–Crippen LogP) is 3.05. The van der Waals surface area contributed by atoms with Gasteiger partial charge in [-0.25, -0.2) is 9.90 Å². The Labute approximate surface area is 129 Å². The van der Waals surface area contributed by atoms with Crippen molar-refractivity contribution in [3.8, 4) is 0 Å². The summed E-state index contributed by atoms with van der Waals surface area (Å²) in [6.07, 6.45) is 0.523. The van der Waals surface area contributed by atoms with Crippen LogP contribution in [-0.4, -0.2) is 24.7 Å². The van der Waals surface area contributed by atoms with Crippen LogP contribution in [0.25, 0.3) is 0 Å². The van der Waals surface area contributed by atoms with Crippen LogP contribution in [0.4, 0.5) is 5.69 Å². The first kappa shape index (κ1) is 13.5. The second kappa shape index (κ2) is 5.55. The van der Waals surface area contributed by atoms with E-state index in [4.69, 9.17) is 9.57 Å². The van der Waals surface area contributed by atoms with Crippen LogP contribution >= 0.6 is 0 Å². The Balaban J connectivity index is 1.71. The molecule has 0 bridgehead atoms. The second-order valence-corrected chi connectivity index (χ2v) is 5.63. The number of carbonyl (C=O) groups excluding carboxylic acids is 1. The van der Waals surface area contributed by atoms with Gasteiger partial charge in [-0.1, -0.05) is 48.5 Å². The summed E-state index contributed by atoms with van der Waals surface area (Å²) in [7, 11) is 0. The molecule has 0 N–H and O–H groups in total. The molecule has 0 saturated carbocycles. The van der Waals surface area contributed by atoms with Crippen LogP contribution in [0.2, 0.25) is 0 Å². The van der Waals surface area contributed by atoms with Gasteiger partial charge in [0, 0.05) is 11.5 Å². The molecule has 2 fully saturated rings. The molecule has 2 saturated heterocycles. The zero-order valence-corrected chi connectivity index (χ0v) is 12.1. The average molecular weight is 295 g/mol. The van der Waals surface area contributed by atoms with Gasteiger partial charge in [0.05, 0.1) is 12.3 Å². The SMILES string of the molecule is O=C(c1ccccc1)[C@@H]1[C@@H]2CCO[C@@H]2ON1c1ccccc1. The van der Waals surface area contributed by atoms with Crippen molar-refractivity contribution < 1.29 is 14.4 Å². The van der Waals surface area contributed by atoms with Gasteiger partial charge in [0.2, 0.25) is 0 Å². The predicted molar refractivity (Wildman–Crippen MR) is 82.4 cm³/mol. The fourth-order valence-corrected chi connectivity index (χ4v) is 3.22. The fraction of sp³-hybridized carbons (Fsp3) is 0.278. The lowest BCUT2D eigenvalue weighted by Gasteiger charge is -2.25. The largest absolute Gasteiger partial charge is 0.350 e. The highest BCUT2D eigenvalue weighted by Crippen LogP contribution is 2.39. The summed E-state index contributed by atoms with van der Waals surface area (Å²) in [6, 6.07) is 18.8. The molecule has 2 aliphatic heterocycles. The molecule has 2 aliphatic rings. The number of ether oxygens (including phenoxy) is 1. The molecular formula is C18H17NO3. The average Bonchev–Trinajstić information content (AvgIpc) is 3.16. The monoisotopic (exact) mass is 295 g/mol. The second-order valence-electron chi connectivity index (χ2n) is 5.63. The van der Waals surface area contributed by atoms with E-state index in [1.54, 1.807) is 5.06 Å². The van der Waals surface area contributed by atoms with Gasteiger partial charge in [0.25, 0.3) is 0 Å². The smallest absolute Gasteiger partial charge is 0.189 e. The van der Waals surface area contributed by atoms with Gasteiger partial charge < -0.3 is 4.74 Å². The van der Waals surface area contributed by atoms with Crippen LogP contribution in [0.5, 0.6) is 0 Å². The lowest BCUT2D eigenvalue weighted by Crippen LogP contribution is -2.39. The summed E-state index contributed by atoms with van der Waals surface area (Å²) < 4.78 is 5.63. The molecule has 22 heavy (non-hydrogen) atoms. The number of ketones is 1. The first-order valence-electron chi connectivity index (χ1n) is 7.56. The Bertz CT molecular complexity index is 659. The molecule has 3 atom stereocenters. The van der Waals surface area contributed by atoms with Crippen LogP contribution in [0.1, 0.15) is 16.8 Å². The summed E-state index contributed by atoms with van der Waals surface area (Å²) in [5, 5.41) is 1.73. The topological polar surface area (TPSA) is 38.8 Å². The number of fused-ring (bicyclic) bond motifs is 1. The number of rotatable bonds is 3. The highest BCUT2D eigenvalue weighted by molar-refractivity contribution is 6.02. The number of nitrogens with zero attached hydrogens (tertiary/aromatic N) is 1. The van der Waals surface area contributed by atoms with Crippen LogP contribution < -0.4 is 5.06 Å². The molecule has 0 aliphatic carbocycles. The minimum atomic E-state index is -0.336. The Morgan fingerprint density at radius 2 is 1.68 bits per heavy atom. The molecule has 2 heterocycles. The molecule has 0 amide bonds. The minimum absolute atomic E-state index is 0.0768. The third-order valence-corrected chi connectivity index (χ3v) is 4.30. The van der Waals surface area contributed by atoms with Crippen molar-refractivity contribution in [1.29, 1.82) is 0 Å². The summed E-state index contributed by atoms with van der Waals surface area (Å²) >= 11 is 0. The molecule has 4 heteroatoms. The first-order chi connectivity index (χ1) is 10.8. The van der Waals surface area contributed by atoms with Crippen LogP contribution in [0, 0.1) is 5.92 Å². The van der Waals surface area contributed by atoms with Crippen molar-refractivity contribution in [3.05, 3.63) is 66.2 Å². The van der Waals surface area contributed by atoms with E-state index < -0.39 is 0 Å². The number of Topliss-reactive ketones (excluding diaryl/α,β-unsaturated/α-hetero) is 1. The Morgan fingerprint density at radius 1 is 1.00 bits per heavy atom. The third-order valence-electron chi connectivity index (χ3n) is 4.30. The number of carbonyl (C=O) groups is 1. The summed E-state index contributed by atoms with van der Waals surface area (Å²) in [4.78, 5) is 18.9. The molecule has 2 aromatic rings. The maximum Gasteiger partial charge on any atom is 0.189 e. The highest BCUT2D eigenvalue weighted by atomic mass is 16.8. The van der Waals surface area contributed by atoms with Gasteiger partial charge in [-0.3, -0.25) is 4.79 Å². The molecule has 0 unspecified atom stereocenters. The van der Waals surface area contributed by atoms with Crippen LogP contribution in [-0.2, 0) is 9.57 Å². The lowest BCUT2D eigenvalue weighted by atomic mass is 9.91. The molecule has 112 valence electrons. The number of benzene rings is 2. The van der Waals surface area contributed by atoms with Gasteiger partial charge >= 0.3 is 0 Å². The number of hydrogen-bond acceptors (Lipinski definition) is 4. The fourth-order valence-electron chi connectivity index (χ4n) is 3.22. The van der Waals surface area contributed by atoms with Crippen molar-refractivity contribution in [3.63, 3.8) is 0 Å². The molecule has 0 aromatic heterocycles. The van der Waals surface area contributed by atoms with E-state index in [0.29, 0.717) is 12.2 Å². The lowest BCUT2D eigenvalue weighted by molar-refractivity contribution is -0.0999. The number of hydroxylamine groups is 1. The number of anilines is 1.